The van der Waals surface area contributed by atoms with Crippen LogP contribution >= 0.6 is 23.2 Å². The summed E-state index contributed by atoms with van der Waals surface area (Å²) in [4.78, 5) is 27.4. The fraction of sp³-hybridized carbons (Fsp3) is 0.417. The van der Waals surface area contributed by atoms with Gasteiger partial charge in [0, 0.05) is 42.0 Å². The first-order valence-electron chi connectivity index (χ1n) is 10.9. The first-order chi connectivity index (χ1) is 16.0. The van der Waals surface area contributed by atoms with Gasteiger partial charge in [-0.25, -0.2) is 0 Å². The lowest BCUT2D eigenvalue weighted by atomic mass is 9.73. The van der Waals surface area contributed by atoms with Crippen LogP contribution in [0, 0.1) is 0 Å². The molecule has 0 atom stereocenters. The maximum absolute atomic E-state index is 13.5. The van der Waals surface area contributed by atoms with Gasteiger partial charge in [-0.15, -0.1) is 0 Å². The van der Waals surface area contributed by atoms with Gasteiger partial charge in [-0.2, -0.15) is 0 Å². The molecule has 2 saturated heterocycles. The summed E-state index contributed by atoms with van der Waals surface area (Å²) in [7, 11) is 0. The normalized spacial score (nSPS) is 17.9. The van der Waals surface area contributed by atoms with Gasteiger partial charge >= 0.3 is 0 Å². The summed E-state index contributed by atoms with van der Waals surface area (Å²) in [6.45, 7) is 3.16. The predicted molar refractivity (Wildman–Crippen MR) is 126 cm³/mol. The molecule has 2 aromatic carbocycles. The van der Waals surface area contributed by atoms with E-state index >= 15 is 0 Å². The zero-order valence-corrected chi connectivity index (χ0v) is 19.7. The number of amides is 2. The topological polar surface area (TPSA) is 77.1 Å². The minimum Gasteiger partial charge on any atom is -0.484 e. The van der Waals surface area contributed by atoms with Crippen LogP contribution < -0.4 is 10.1 Å². The van der Waals surface area contributed by atoms with Crippen LogP contribution in [-0.4, -0.2) is 62.8 Å². The Bertz CT molecular complexity index is 987. The van der Waals surface area contributed by atoms with Crippen molar-refractivity contribution in [1.29, 1.82) is 0 Å². The van der Waals surface area contributed by atoms with Crippen molar-refractivity contribution in [1.82, 2.24) is 4.90 Å². The van der Waals surface area contributed by atoms with E-state index in [-0.39, 0.29) is 18.4 Å². The lowest BCUT2D eigenvalue weighted by Gasteiger charge is -2.36. The van der Waals surface area contributed by atoms with E-state index in [2.05, 4.69) is 5.32 Å². The summed E-state index contributed by atoms with van der Waals surface area (Å²) in [6, 6.07) is 12.2. The quantitative estimate of drug-likeness (QED) is 0.661. The molecule has 2 aromatic rings. The van der Waals surface area contributed by atoms with Gasteiger partial charge in [0.05, 0.1) is 18.6 Å². The molecule has 4 rings (SSSR count). The van der Waals surface area contributed by atoms with Crippen molar-refractivity contribution >= 4 is 40.7 Å². The van der Waals surface area contributed by atoms with Crippen molar-refractivity contribution < 1.29 is 23.8 Å². The van der Waals surface area contributed by atoms with E-state index in [4.69, 9.17) is 37.4 Å². The smallest absolute Gasteiger partial charge is 0.260 e. The molecule has 2 aliphatic rings. The number of nitrogens with zero attached hydrogens (tertiary/aromatic N) is 1. The number of nitrogens with one attached hydrogen (secondary N) is 1. The summed E-state index contributed by atoms with van der Waals surface area (Å²) < 4.78 is 16.4. The first-order valence-corrected chi connectivity index (χ1v) is 11.7. The van der Waals surface area contributed by atoms with Crippen molar-refractivity contribution in [2.45, 2.75) is 18.3 Å². The molecule has 1 N–H and O–H groups in total. The van der Waals surface area contributed by atoms with E-state index in [9.17, 15) is 9.59 Å². The average molecular weight is 493 g/mol. The number of carbonyl (C=O) groups excluding carboxylic acids is 2. The third kappa shape index (κ3) is 5.61. The van der Waals surface area contributed by atoms with Gasteiger partial charge in [-0.3, -0.25) is 9.59 Å². The van der Waals surface area contributed by atoms with Crippen molar-refractivity contribution in [3.8, 4) is 5.75 Å². The summed E-state index contributed by atoms with van der Waals surface area (Å²) in [5.74, 6) is 0.333. The SMILES string of the molecule is O=C(COc1ccc(NC(=O)C2(c3ccc(Cl)cc3Cl)CCOCC2)cc1)N1CCOCC1. The minimum absolute atomic E-state index is 0.0378. The van der Waals surface area contributed by atoms with Crippen LogP contribution in [0.4, 0.5) is 5.69 Å². The second kappa shape index (κ2) is 10.7. The second-order valence-corrected chi connectivity index (χ2v) is 8.92. The van der Waals surface area contributed by atoms with E-state index in [1.165, 1.54) is 0 Å². The highest BCUT2D eigenvalue weighted by atomic mass is 35.5. The third-order valence-corrected chi connectivity index (χ3v) is 6.61. The largest absolute Gasteiger partial charge is 0.484 e. The first kappa shape index (κ1) is 23.8. The van der Waals surface area contributed by atoms with E-state index < -0.39 is 5.41 Å². The molecule has 0 spiro atoms. The highest BCUT2D eigenvalue weighted by Crippen LogP contribution is 2.40. The van der Waals surface area contributed by atoms with Crippen LogP contribution in [0.5, 0.6) is 5.75 Å². The standard InChI is InChI=1S/C24H26Cl2N2O5/c25-17-1-6-20(21(26)15-17)24(7-11-31-12-8-24)23(30)27-18-2-4-19(5-3-18)33-16-22(29)28-9-13-32-14-10-28/h1-6,15H,7-14,16H2,(H,27,30). The van der Waals surface area contributed by atoms with Crippen molar-refractivity contribution in [3.63, 3.8) is 0 Å². The Morgan fingerprint density at radius 3 is 2.30 bits per heavy atom. The number of anilines is 1. The number of carbonyl (C=O) groups is 2. The molecule has 7 nitrogen and oxygen atoms in total. The van der Waals surface area contributed by atoms with Gasteiger partial charge in [0.1, 0.15) is 5.75 Å². The lowest BCUT2D eigenvalue weighted by Crippen LogP contribution is -2.45. The lowest BCUT2D eigenvalue weighted by molar-refractivity contribution is -0.137. The fourth-order valence-corrected chi connectivity index (χ4v) is 4.74. The molecule has 2 amide bonds. The van der Waals surface area contributed by atoms with Crippen LogP contribution in [0.15, 0.2) is 42.5 Å². The Labute approximate surface area is 202 Å². The average Bonchev–Trinajstić information content (AvgIpc) is 2.84. The summed E-state index contributed by atoms with van der Waals surface area (Å²) >= 11 is 12.5. The molecular weight excluding hydrogens is 467 g/mol. The molecule has 0 radical (unpaired) electrons. The van der Waals surface area contributed by atoms with Crippen LogP contribution in [0.25, 0.3) is 0 Å². The molecule has 0 aromatic heterocycles. The number of rotatable bonds is 6. The van der Waals surface area contributed by atoms with E-state index in [0.717, 1.165) is 5.56 Å². The summed E-state index contributed by atoms with van der Waals surface area (Å²) in [5.41, 5.74) is 0.568. The number of hydrogen-bond acceptors (Lipinski definition) is 5. The minimum atomic E-state index is -0.806. The van der Waals surface area contributed by atoms with E-state index in [1.54, 1.807) is 41.3 Å². The molecule has 0 saturated carbocycles. The molecule has 176 valence electrons. The van der Waals surface area contributed by atoms with Gasteiger partial charge in [0.2, 0.25) is 5.91 Å². The second-order valence-electron chi connectivity index (χ2n) is 8.08. The van der Waals surface area contributed by atoms with Crippen LogP contribution in [0.2, 0.25) is 10.0 Å². The van der Waals surface area contributed by atoms with Crippen LogP contribution in [0.1, 0.15) is 18.4 Å². The third-order valence-electron chi connectivity index (χ3n) is 6.07. The number of ether oxygens (including phenoxy) is 3. The van der Waals surface area contributed by atoms with Gasteiger partial charge in [0.25, 0.3) is 5.91 Å². The van der Waals surface area contributed by atoms with E-state index in [0.29, 0.717) is 73.8 Å². The van der Waals surface area contributed by atoms with E-state index in [1.807, 2.05) is 6.07 Å². The van der Waals surface area contributed by atoms with Crippen molar-refractivity contribution in [2.75, 3.05) is 51.4 Å². The Morgan fingerprint density at radius 1 is 0.970 bits per heavy atom. The summed E-state index contributed by atoms with van der Waals surface area (Å²) in [5, 5.41) is 3.99. The summed E-state index contributed by atoms with van der Waals surface area (Å²) in [6.07, 6.45) is 1.04. The maximum atomic E-state index is 13.5. The monoisotopic (exact) mass is 492 g/mol. The number of halogens is 2. The Hall–Kier alpha value is -2.32. The highest BCUT2D eigenvalue weighted by Gasteiger charge is 2.43. The zero-order valence-electron chi connectivity index (χ0n) is 18.1. The van der Waals surface area contributed by atoms with Crippen molar-refractivity contribution in [2.24, 2.45) is 0 Å². The molecule has 0 unspecified atom stereocenters. The maximum Gasteiger partial charge on any atom is 0.260 e. The Kier molecular flexibility index (Phi) is 7.75. The fourth-order valence-electron chi connectivity index (χ4n) is 4.15. The van der Waals surface area contributed by atoms with Crippen LogP contribution in [0.3, 0.4) is 0 Å². The molecule has 9 heteroatoms. The van der Waals surface area contributed by atoms with Gasteiger partial charge in [-0.05, 0) is 54.8 Å². The number of morpholine rings is 1. The van der Waals surface area contributed by atoms with Gasteiger partial charge in [-0.1, -0.05) is 29.3 Å². The van der Waals surface area contributed by atoms with Gasteiger partial charge < -0.3 is 24.4 Å². The molecule has 0 bridgehead atoms. The highest BCUT2D eigenvalue weighted by molar-refractivity contribution is 6.35. The molecule has 2 aliphatic heterocycles. The molecule has 0 aliphatic carbocycles. The number of benzene rings is 2. The molecular formula is C24H26Cl2N2O5. The predicted octanol–water partition coefficient (Wildman–Crippen LogP) is 3.92. The number of hydrogen-bond donors (Lipinski definition) is 1. The Morgan fingerprint density at radius 2 is 1.64 bits per heavy atom. The van der Waals surface area contributed by atoms with Gasteiger partial charge in [0.15, 0.2) is 6.61 Å². The zero-order chi connectivity index (χ0) is 23.3. The molecule has 33 heavy (non-hydrogen) atoms. The molecule has 2 fully saturated rings. The van der Waals surface area contributed by atoms with Crippen molar-refractivity contribution in [3.05, 3.63) is 58.1 Å². The Balaban J connectivity index is 1.41. The van der Waals surface area contributed by atoms with Crippen LogP contribution in [-0.2, 0) is 24.5 Å². The molecule has 2 heterocycles.